The van der Waals surface area contributed by atoms with E-state index in [1.165, 1.54) is 12.1 Å². The third-order valence-electron chi connectivity index (χ3n) is 3.26. The summed E-state index contributed by atoms with van der Waals surface area (Å²) >= 11 is 0. The molecule has 0 saturated carbocycles. The van der Waals surface area contributed by atoms with Crippen LogP contribution in [0.4, 0.5) is 14.9 Å². The SMILES string of the molecule is CCNC(=O)Nc1ccc2[nH]nc(-c3cccc(F)c3)c2c1. The predicted octanol–water partition coefficient (Wildman–Crippen LogP) is 3.51. The number of carbonyl (C=O) groups is 1. The van der Waals surface area contributed by atoms with Crippen molar-refractivity contribution in [2.45, 2.75) is 6.92 Å². The second kappa shape index (κ2) is 5.85. The molecule has 1 aromatic heterocycles. The Morgan fingerprint density at radius 1 is 1.27 bits per heavy atom. The number of fused-ring (bicyclic) bond motifs is 1. The average molecular weight is 298 g/mol. The number of amides is 2. The molecule has 0 saturated heterocycles. The Labute approximate surface area is 126 Å². The summed E-state index contributed by atoms with van der Waals surface area (Å²) in [4.78, 5) is 11.6. The lowest BCUT2D eigenvalue weighted by atomic mass is 10.1. The van der Waals surface area contributed by atoms with E-state index >= 15 is 0 Å². The van der Waals surface area contributed by atoms with Gasteiger partial charge in [0.2, 0.25) is 0 Å². The zero-order chi connectivity index (χ0) is 15.5. The van der Waals surface area contributed by atoms with Crippen LogP contribution in [0.5, 0.6) is 0 Å². The number of H-pyrrole nitrogens is 1. The normalized spacial score (nSPS) is 10.6. The van der Waals surface area contributed by atoms with Crippen molar-refractivity contribution in [2.75, 3.05) is 11.9 Å². The van der Waals surface area contributed by atoms with Gasteiger partial charge in [-0.05, 0) is 37.3 Å². The van der Waals surface area contributed by atoms with Crippen LogP contribution in [0.15, 0.2) is 42.5 Å². The van der Waals surface area contributed by atoms with Gasteiger partial charge in [0.15, 0.2) is 0 Å². The van der Waals surface area contributed by atoms with Gasteiger partial charge in [-0.25, -0.2) is 9.18 Å². The number of carbonyl (C=O) groups excluding carboxylic acids is 1. The van der Waals surface area contributed by atoms with Gasteiger partial charge in [-0.3, -0.25) is 5.10 Å². The van der Waals surface area contributed by atoms with Crippen molar-refractivity contribution >= 4 is 22.6 Å². The summed E-state index contributed by atoms with van der Waals surface area (Å²) < 4.78 is 13.4. The number of hydrogen-bond acceptors (Lipinski definition) is 2. The van der Waals surface area contributed by atoms with Gasteiger partial charge in [-0.1, -0.05) is 12.1 Å². The summed E-state index contributed by atoms with van der Waals surface area (Å²) in [7, 11) is 0. The van der Waals surface area contributed by atoms with E-state index in [-0.39, 0.29) is 11.8 Å². The Kier molecular flexibility index (Phi) is 3.74. The van der Waals surface area contributed by atoms with E-state index in [4.69, 9.17) is 0 Å². The molecule has 3 aromatic rings. The molecule has 2 amide bonds. The fourth-order valence-electron chi connectivity index (χ4n) is 2.28. The van der Waals surface area contributed by atoms with Crippen LogP contribution in [0.25, 0.3) is 22.2 Å². The van der Waals surface area contributed by atoms with Gasteiger partial charge in [0.1, 0.15) is 11.5 Å². The summed E-state index contributed by atoms with van der Waals surface area (Å²) in [6.45, 7) is 2.40. The molecule has 0 aliphatic heterocycles. The summed E-state index contributed by atoms with van der Waals surface area (Å²) in [5.74, 6) is -0.315. The van der Waals surface area contributed by atoms with Gasteiger partial charge < -0.3 is 10.6 Å². The molecule has 0 unspecified atom stereocenters. The topological polar surface area (TPSA) is 69.8 Å². The van der Waals surface area contributed by atoms with Gasteiger partial charge >= 0.3 is 6.03 Å². The van der Waals surface area contributed by atoms with E-state index in [1.807, 2.05) is 19.1 Å². The number of rotatable bonds is 3. The molecule has 2 aromatic carbocycles. The second-order valence-electron chi connectivity index (χ2n) is 4.83. The van der Waals surface area contributed by atoms with E-state index in [1.54, 1.807) is 18.2 Å². The molecule has 0 spiro atoms. The smallest absolute Gasteiger partial charge is 0.319 e. The van der Waals surface area contributed by atoms with Crippen LogP contribution in [-0.4, -0.2) is 22.8 Å². The molecule has 0 fully saturated rings. The maximum Gasteiger partial charge on any atom is 0.319 e. The molecule has 6 heteroatoms. The van der Waals surface area contributed by atoms with Crippen molar-refractivity contribution in [1.29, 1.82) is 0 Å². The molecule has 3 N–H and O–H groups in total. The molecule has 0 aliphatic carbocycles. The molecule has 3 rings (SSSR count). The van der Waals surface area contributed by atoms with Gasteiger partial charge in [-0.15, -0.1) is 0 Å². The van der Waals surface area contributed by atoms with Crippen molar-refractivity contribution in [3.63, 3.8) is 0 Å². The summed E-state index contributed by atoms with van der Waals surface area (Å²) in [5, 5.41) is 13.4. The zero-order valence-electron chi connectivity index (χ0n) is 12.0. The van der Waals surface area contributed by atoms with Crippen LogP contribution in [0, 0.1) is 5.82 Å². The highest BCUT2D eigenvalue weighted by Crippen LogP contribution is 2.28. The number of hydrogen-bond donors (Lipinski definition) is 3. The first-order valence-corrected chi connectivity index (χ1v) is 6.96. The molecule has 0 atom stereocenters. The lowest BCUT2D eigenvalue weighted by molar-refractivity contribution is 0.252. The average Bonchev–Trinajstić information content (AvgIpc) is 2.90. The highest BCUT2D eigenvalue weighted by atomic mass is 19.1. The van der Waals surface area contributed by atoms with Gasteiger partial charge in [0, 0.05) is 23.2 Å². The first kappa shape index (κ1) is 14.1. The Balaban J connectivity index is 2.00. The van der Waals surface area contributed by atoms with Crippen LogP contribution < -0.4 is 10.6 Å². The fraction of sp³-hybridized carbons (Fsp3) is 0.125. The summed E-state index contributed by atoms with van der Waals surface area (Å²) in [6, 6.07) is 11.4. The Morgan fingerprint density at radius 2 is 2.14 bits per heavy atom. The Hall–Kier alpha value is -2.89. The third kappa shape index (κ3) is 2.76. The minimum Gasteiger partial charge on any atom is -0.338 e. The summed E-state index contributed by atoms with van der Waals surface area (Å²) in [6.07, 6.45) is 0. The minimum absolute atomic E-state index is 0.266. The third-order valence-corrected chi connectivity index (χ3v) is 3.26. The van der Waals surface area contributed by atoms with Gasteiger partial charge in [-0.2, -0.15) is 5.10 Å². The van der Waals surface area contributed by atoms with Crippen molar-refractivity contribution in [1.82, 2.24) is 15.5 Å². The summed E-state index contributed by atoms with van der Waals surface area (Å²) in [5.41, 5.74) is 2.80. The van der Waals surface area contributed by atoms with E-state index in [9.17, 15) is 9.18 Å². The van der Waals surface area contributed by atoms with Crippen molar-refractivity contribution < 1.29 is 9.18 Å². The van der Waals surface area contributed by atoms with Crippen LogP contribution >= 0.6 is 0 Å². The van der Waals surface area contributed by atoms with Gasteiger partial charge in [0.25, 0.3) is 0 Å². The van der Waals surface area contributed by atoms with Crippen molar-refractivity contribution in [3.05, 3.63) is 48.3 Å². The quantitative estimate of drug-likeness (QED) is 0.692. The first-order valence-electron chi connectivity index (χ1n) is 6.96. The van der Waals surface area contributed by atoms with Crippen LogP contribution in [0.3, 0.4) is 0 Å². The molecular weight excluding hydrogens is 283 g/mol. The molecule has 1 heterocycles. The number of urea groups is 1. The highest BCUT2D eigenvalue weighted by molar-refractivity contribution is 5.97. The molecule has 0 aliphatic rings. The standard InChI is InChI=1S/C16H15FN4O/c1-2-18-16(22)19-12-6-7-14-13(9-12)15(21-20-14)10-4-3-5-11(17)8-10/h3-9H,2H2,1H3,(H,20,21)(H2,18,19,22). The van der Waals surface area contributed by atoms with E-state index in [0.717, 1.165) is 10.9 Å². The van der Waals surface area contributed by atoms with E-state index in [2.05, 4.69) is 20.8 Å². The molecule has 0 bridgehead atoms. The number of nitrogens with zero attached hydrogens (tertiary/aromatic N) is 1. The van der Waals surface area contributed by atoms with Gasteiger partial charge in [0.05, 0.1) is 5.52 Å². The predicted molar refractivity (Wildman–Crippen MR) is 84.2 cm³/mol. The number of aromatic amines is 1. The van der Waals surface area contributed by atoms with Crippen LogP contribution in [0.2, 0.25) is 0 Å². The number of aromatic nitrogens is 2. The monoisotopic (exact) mass is 298 g/mol. The van der Waals surface area contributed by atoms with Crippen LogP contribution in [0.1, 0.15) is 6.92 Å². The first-order chi connectivity index (χ1) is 10.7. The minimum atomic E-state index is -0.315. The maximum absolute atomic E-state index is 13.4. The zero-order valence-corrected chi connectivity index (χ0v) is 12.0. The molecular formula is C16H15FN4O. The largest absolute Gasteiger partial charge is 0.338 e. The van der Waals surface area contributed by atoms with E-state index in [0.29, 0.717) is 23.5 Å². The van der Waals surface area contributed by atoms with Crippen LogP contribution in [-0.2, 0) is 0 Å². The number of anilines is 1. The molecule has 112 valence electrons. The number of halogens is 1. The molecule has 5 nitrogen and oxygen atoms in total. The fourth-order valence-corrected chi connectivity index (χ4v) is 2.28. The Morgan fingerprint density at radius 3 is 2.91 bits per heavy atom. The maximum atomic E-state index is 13.4. The van der Waals surface area contributed by atoms with Crippen molar-refractivity contribution in [2.24, 2.45) is 0 Å². The Bertz CT molecular complexity index is 828. The highest BCUT2D eigenvalue weighted by Gasteiger charge is 2.10. The number of benzene rings is 2. The lowest BCUT2D eigenvalue weighted by Gasteiger charge is -2.06. The second-order valence-corrected chi connectivity index (χ2v) is 4.83. The van der Waals surface area contributed by atoms with E-state index < -0.39 is 0 Å². The molecule has 0 radical (unpaired) electrons. The lowest BCUT2D eigenvalue weighted by Crippen LogP contribution is -2.28. The number of nitrogens with one attached hydrogen (secondary N) is 3. The van der Waals surface area contributed by atoms with Crippen molar-refractivity contribution in [3.8, 4) is 11.3 Å². The molecule has 22 heavy (non-hydrogen) atoms.